The van der Waals surface area contributed by atoms with Gasteiger partial charge in [0.2, 0.25) is 21.8 Å². The Morgan fingerprint density at radius 3 is 2.32 bits per heavy atom. The van der Waals surface area contributed by atoms with Crippen LogP contribution in [-0.4, -0.2) is 57.6 Å². The average molecular weight is 621 g/mol. The van der Waals surface area contributed by atoms with Gasteiger partial charge in [0.25, 0.3) is 0 Å². The van der Waals surface area contributed by atoms with Crippen molar-refractivity contribution in [2.45, 2.75) is 38.8 Å². The zero-order valence-corrected chi connectivity index (χ0v) is 25.7. The van der Waals surface area contributed by atoms with Gasteiger partial charge in [-0.1, -0.05) is 85.1 Å². The number of hydrogen-bond donors (Lipinski definition) is 1. The van der Waals surface area contributed by atoms with E-state index in [1.54, 1.807) is 42.5 Å². The molecule has 1 atom stereocenters. The van der Waals surface area contributed by atoms with Gasteiger partial charge in [0.15, 0.2) is 0 Å². The lowest BCUT2D eigenvalue weighted by Crippen LogP contribution is -2.53. The van der Waals surface area contributed by atoms with E-state index in [0.717, 1.165) is 29.0 Å². The number of sulfonamides is 1. The second-order valence-electron chi connectivity index (χ2n) is 9.55. The molecule has 11 heteroatoms. The van der Waals surface area contributed by atoms with Crippen LogP contribution in [0.2, 0.25) is 10.0 Å². The van der Waals surface area contributed by atoms with Crippen molar-refractivity contribution in [1.29, 1.82) is 0 Å². The predicted octanol–water partition coefficient (Wildman–Crippen LogP) is 5.32. The van der Waals surface area contributed by atoms with Gasteiger partial charge in [-0.25, -0.2) is 8.42 Å². The van der Waals surface area contributed by atoms with Crippen molar-refractivity contribution in [3.05, 3.63) is 94.0 Å². The number of carbonyl (C=O) groups is 2. The molecule has 0 aliphatic rings. The minimum absolute atomic E-state index is 0.0446. The van der Waals surface area contributed by atoms with E-state index in [1.807, 2.05) is 37.3 Å². The SMILES string of the molecule is CCCCNC(=O)C(Cc1ccccc1)N(Cc1ccc(Cl)cc1Cl)C(=O)CN(c1ccccc1OC)S(C)(=O)=O. The van der Waals surface area contributed by atoms with Gasteiger partial charge in [0, 0.05) is 29.6 Å². The summed E-state index contributed by atoms with van der Waals surface area (Å²) in [7, 11) is -2.50. The summed E-state index contributed by atoms with van der Waals surface area (Å²) in [5, 5.41) is 3.69. The molecule has 0 aromatic heterocycles. The minimum Gasteiger partial charge on any atom is -0.495 e. The summed E-state index contributed by atoms with van der Waals surface area (Å²) in [5.41, 5.74) is 1.61. The van der Waals surface area contributed by atoms with E-state index in [0.29, 0.717) is 22.2 Å². The molecule has 0 heterocycles. The maximum atomic E-state index is 14.2. The summed E-state index contributed by atoms with van der Waals surface area (Å²) >= 11 is 12.6. The van der Waals surface area contributed by atoms with Gasteiger partial charge >= 0.3 is 0 Å². The van der Waals surface area contributed by atoms with Crippen LogP contribution in [0.25, 0.3) is 0 Å². The Morgan fingerprint density at radius 2 is 1.68 bits per heavy atom. The Hall–Kier alpha value is -3.27. The number of unbranched alkanes of at least 4 members (excludes halogenated alkanes) is 1. The summed E-state index contributed by atoms with van der Waals surface area (Å²) in [6, 6.07) is 19.8. The molecule has 0 aliphatic heterocycles. The van der Waals surface area contributed by atoms with Crippen molar-refractivity contribution < 1.29 is 22.7 Å². The van der Waals surface area contributed by atoms with Gasteiger partial charge in [-0.3, -0.25) is 13.9 Å². The van der Waals surface area contributed by atoms with Gasteiger partial charge in [-0.15, -0.1) is 0 Å². The van der Waals surface area contributed by atoms with E-state index in [4.69, 9.17) is 27.9 Å². The van der Waals surface area contributed by atoms with Crippen LogP contribution in [0.15, 0.2) is 72.8 Å². The first kappa shape index (κ1) is 32.2. The van der Waals surface area contributed by atoms with Crippen LogP contribution >= 0.6 is 23.2 Å². The van der Waals surface area contributed by atoms with Crippen LogP contribution in [-0.2, 0) is 32.6 Å². The Bertz CT molecular complexity index is 1440. The highest BCUT2D eigenvalue weighted by molar-refractivity contribution is 7.92. The first-order valence-corrected chi connectivity index (χ1v) is 15.8. The first-order chi connectivity index (χ1) is 19.5. The largest absolute Gasteiger partial charge is 0.495 e. The van der Waals surface area contributed by atoms with Crippen molar-refractivity contribution in [2.24, 2.45) is 0 Å². The van der Waals surface area contributed by atoms with Crippen molar-refractivity contribution in [3.63, 3.8) is 0 Å². The molecule has 0 bridgehead atoms. The topological polar surface area (TPSA) is 96.0 Å². The van der Waals surface area contributed by atoms with Crippen LogP contribution in [0, 0.1) is 0 Å². The number of nitrogens with zero attached hydrogens (tertiary/aromatic N) is 2. The average Bonchev–Trinajstić information content (AvgIpc) is 2.94. The molecule has 0 saturated heterocycles. The molecule has 8 nitrogen and oxygen atoms in total. The number of benzene rings is 3. The molecule has 0 radical (unpaired) electrons. The lowest BCUT2D eigenvalue weighted by atomic mass is 10.0. The Kier molecular flexibility index (Phi) is 11.9. The summed E-state index contributed by atoms with van der Waals surface area (Å²) in [5.74, 6) is -0.640. The summed E-state index contributed by atoms with van der Waals surface area (Å²) in [6.45, 7) is 1.86. The third-order valence-corrected chi connectivity index (χ3v) is 8.20. The number of methoxy groups -OCH3 is 1. The van der Waals surface area contributed by atoms with Crippen molar-refractivity contribution in [3.8, 4) is 5.75 Å². The Labute approximate surface area is 252 Å². The lowest BCUT2D eigenvalue weighted by Gasteiger charge is -2.34. The predicted molar refractivity (Wildman–Crippen MR) is 164 cm³/mol. The number of halogens is 2. The highest BCUT2D eigenvalue weighted by Crippen LogP contribution is 2.30. The van der Waals surface area contributed by atoms with E-state index in [-0.39, 0.29) is 30.3 Å². The second kappa shape index (κ2) is 15.1. The summed E-state index contributed by atoms with van der Waals surface area (Å²) < 4.78 is 32.3. The standard InChI is InChI=1S/C30H35Cl2N3O5S/c1-4-5-17-33-30(37)27(18-22-11-7-6-8-12-22)34(20-23-15-16-24(31)19-25(23)32)29(36)21-35(41(3,38)39)26-13-9-10-14-28(26)40-2/h6-16,19,27H,4-5,17-18,20-21H2,1-3H3,(H,33,37). The molecule has 1 N–H and O–H groups in total. The maximum Gasteiger partial charge on any atom is 0.244 e. The van der Waals surface area contributed by atoms with Gasteiger partial charge in [0.1, 0.15) is 18.3 Å². The van der Waals surface area contributed by atoms with Crippen molar-refractivity contribution >= 4 is 50.7 Å². The molecule has 3 aromatic rings. The van der Waals surface area contributed by atoms with Crippen molar-refractivity contribution in [2.75, 3.05) is 30.8 Å². The van der Waals surface area contributed by atoms with Crippen LogP contribution in [0.5, 0.6) is 5.75 Å². The number of carbonyl (C=O) groups excluding carboxylic acids is 2. The molecule has 0 fully saturated rings. The van der Waals surface area contributed by atoms with Crippen LogP contribution in [0.4, 0.5) is 5.69 Å². The minimum atomic E-state index is -3.93. The molecule has 0 saturated carbocycles. The smallest absolute Gasteiger partial charge is 0.244 e. The van der Waals surface area contributed by atoms with Gasteiger partial charge in [-0.2, -0.15) is 0 Å². The molecular formula is C30H35Cl2N3O5S. The number of hydrogen-bond acceptors (Lipinski definition) is 5. The van der Waals surface area contributed by atoms with E-state index >= 15 is 0 Å². The zero-order valence-electron chi connectivity index (χ0n) is 23.3. The molecule has 2 amide bonds. The van der Waals surface area contributed by atoms with E-state index < -0.39 is 28.5 Å². The lowest BCUT2D eigenvalue weighted by molar-refractivity contribution is -0.140. The molecular weight excluding hydrogens is 585 g/mol. The molecule has 0 spiro atoms. The normalized spacial score (nSPS) is 11.9. The zero-order chi connectivity index (χ0) is 30.0. The number of rotatable bonds is 14. The van der Waals surface area contributed by atoms with Crippen LogP contribution in [0.3, 0.4) is 0 Å². The van der Waals surface area contributed by atoms with E-state index in [2.05, 4.69) is 5.32 Å². The fraction of sp³-hybridized carbons (Fsp3) is 0.333. The fourth-order valence-electron chi connectivity index (χ4n) is 4.32. The summed E-state index contributed by atoms with van der Waals surface area (Å²) in [4.78, 5) is 29.2. The Balaban J connectivity index is 2.08. The summed E-state index contributed by atoms with van der Waals surface area (Å²) in [6.07, 6.45) is 2.89. The third-order valence-electron chi connectivity index (χ3n) is 6.49. The maximum absolute atomic E-state index is 14.2. The van der Waals surface area contributed by atoms with E-state index in [1.165, 1.54) is 12.0 Å². The monoisotopic (exact) mass is 619 g/mol. The highest BCUT2D eigenvalue weighted by Gasteiger charge is 2.34. The molecule has 1 unspecified atom stereocenters. The fourth-order valence-corrected chi connectivity index (χ4v) is 5.65. The van der Waals surface area contributed by atoms with Gasteiger partial charge in [0.05, 0.1) is 19.1 Å². The quantitative estimate of drug-likeness (QED) is 0.246. The third kappa shape index (κ3) is 9.11. The number of nitrogens with one attached hydrogen (secondary N) is 1. The molecule has 3 aromatic carbocycles. The number of amides is 2. The Morgan fingerprint density at radius 1 is 1.00 bits per heavy atom. The molecule has 0 aliphatic carbocycles. The molecule has 41 heavy (non-hydrogen) atoms. The van der Waals surface area contributed by atoms with Gasteiger partial charge < -0.3 is 15.0 Å². The van der Waals surface area contributed by atoms with Crippen LogP contribution < -0.4 is 14.4 Å². The number of ether oxygens (including phenoxy) is 1. The second-order valence-corrected chi connectivity index (χ2v) is 12.3. The number of para-hydroxylation sites is 2. The molecule has 220 valence electrons. The highest BCUT2D eigenvalue weighted by atomic mass is 35.5. The molecule has 3 rings (SSSR count). The van der Waals surface area contributed by atoms with Crippen LogP contribution in [0.1, 0.15) is 30.9 Å². The van der Waals surface area contributed by atoms with Gasteiger partial charge in [-0.05, 0) is 41.8 Å². The van der Waals surface area contributed by atoms with Crippen molar-refractivity contribution in [1.82, 2.24) is 10.2 Å². The number of anilines is 1. The first-order valence-electron chi connectivity index (χ1n) is 13.2. The van der Waals surface area contributed by atoms with E-state index in [9.17, 15) is 18.0 Å².